The quantitative estimate of drug-likeness (QED) is 0.837. The monoisotopic (exact) mass is 264 g/mol. The lowest BCUT2D eigenvalue weighted by Crippen LogP contribution is -2.23. The van der Waals surface area contributed by atoms with Crippen LogP contribution in [0.1, 0.15) is 16.8 Å². The van der Waals surface area contributed by atoms with Gasteiger partial charge in [0.25, 0.3) is 0 Å². The molecular weight excluding hydrogens is 244 g/mol. The first-order chi connectivity index (χ1) is 9.13. The molecule has 104 valence electrons. The van der Waals surface area contributed by atoms with Gasteiger partial charge in [-0.05, 0) is 32.1 Å². The lowest BCUT2D eigenvalue weighted by Gasteiger charge is -2.16. The normalized spacial score (nSPS) is 19.2. The van der Waals surface area contributed by atoms with E-state index in [1.54, 1.807) is 13.2 Å². The Morgan fingerprint density at radius 3 is 2.79 bits per heavy atom. The zero-order valence-corrected chi connectivity index (χ0v) is 11.6. The van der Waals surface area contributed by atoms with Crippen molar-refractivity contribution in [1.82, 2.24) is 4.90 Å². The molecule has 0 saturated carbocycles. The van der Waals surface area contributed by atoms with Crippen LogP contribution in [-0.2, 0) is 4.74 Å². The largest absolute Gasteiger partial charge is 0.496 e. The number of carbonyl (C=O) groups is 1. The van der Waals surface area contributed by atoms with Crippen LogP contribution in [0.2, 0.25) is 0 Å². The molecule has 1 aliphatic rings. The molecule has 1 aromatic rings. The predicted octanol–water partition coefficient (Wildman–Crippen LogP) is 1.60. The molecule has 1 unspecified atom stereocenters. The molecule has 0 amide bonds. The molecule has 2 rings (SSSR count). The third-order valence-corrected chi connectivity index (χ3v) is 3.37. The number of nitrogens with one attached hydrogen (secondary N) is 1. The Labute approximate surface area is 113 Å². The van der Waals surface area contributed by atoms with E-state index in [0.717, 1.165) is 25.2 Å². The van der Waals surface area contributed by atoms with E-state index in [-0.39, 0.29) is 5.97 Å². The maximum Gasteiger partial charge on any atom is 0.341 e. The van der Waals surface area contributed by atoms with Crippen molar-refractivity contribution in [1.29, 1.82) is 0 Å². The fraction of sp³-hybridized carbons (Fsp3) is 0.500. The summed E-state index contributed by atoms with van der Waals surface area (Å²) in [6.07, 6.45) is 1.12. The van der Waals surface area contributed by atoms with Gasteiger partial charge in [-0.25, -0.2) is 4.79 Å². The fourth-order valence-corrected chi connectivity index (χ4v) is 2.35. The molecule has 0 aliphatic carbocycles. The summed E-state index contributed by atoms with van der Waals surface area (Å²) in [7, 11) is 5.03. The zero-order chi connectivity index (χ0) is 13.8. The van der Waals surface area contributed by atoms with Gasteiger partial charge in [0.15, 0.2) is 0 Å². The number of hydrogen-bond donors (Lipinski definition) is 1. The lowest BCUT2D eigenvalue weighted by molar-refractivity contribution is 0.0597. The molecule has 1 heterocycles. The summed E-state index contributed by atoms with van der Waals surface area (Å²) in [4.78, 5) is 13.9. The minimum absolute atomic E-state index is 0.385. The van der Waals surface area contributed by atoms with E-state index >= 15 is 0 Å². The smallest absolute Gasteiger partial charge is 0.341 e. The topological polar surface area (TPSA) is 50.8 Å². The molecule has 1 saturated heterocycles. The van der Waals surface area contributed by atoms with E-state index in [2.05, 4.69) is 17.3 Å². The van der Waals surface area contributed by atoms with Gasteiger partial charge in [-0.1, -0.05) is 0 Å². The van der Waals surface area contributed by atoms with Crippen LogP contribution >= 0.6 is 0 Å². The summed E-state index contributed by atoms with van der Waals surface area (Å²) in [5.74, 6) is 0.146. The third kappa shape index (κ3) is 3.17. The number of likely N-dealkylation sites (tertiary alicyclic amines) is 1. The number of nitrogens with zero attached hydrogens (tertiary/aromatic N) is 1. The predicted molar refractivity (Wildman–Crippen MR) is 73.9 cm³/mol. The second-order valence-electron chi connectivity index (χ2n) is 4.80. The highest BCUT2D eigenvalue weighted by Gasteiger charge is 2.20. The third-order valence-electron chi connectivity index (χ3n) is 3.37. The van der Waals surface area contributed by atoms with E-state index in [1.807, 2.05) is 12.1 Å². The van der Waals surface area contributed by atoms with E-state index in [4.69, 9.17) is 9.47 Å². The van der Waals surface area contributed by atoms with Gasteiger partial charge in [-0.2, -0.15) is 0 Å². The molecule has 0 aromatic heterocycles. The SMILES string of the molecule is COC(=O)c1ccc(NC2CCN(C)C2)cc1OC. The first kappa shape index (κ1) is 13.7. The standard InChI is InChI=1S/C14H20N2O3/c1-16-7-6-11(9-16)15-10-4-5-12(14(17)19-3)13(8-10)18-2/h4-5,8,11,15H,6-7,9H2,1-3H3. The first-order valence-corrected chi connectivity index (χ1v) is 6.35. The Morgan fingerprint density at radius 1 is 1.42 bits per heavy atom. The highest BCUT2D eigenvalue weighted by Crippen LogP contribution is 2.25. The second-order valence-corrected chi connectivity index (χ2v) is 4.80. The fourth-order valence-electron chi connectivity index (χ4n) is 2.35. The second kappa shape index (κ2) is 5.93. The molecule has 5 nitrogen and oxygen atoms in total. The molecule has 0 spiro atoms. The van der Waals surface area contributed by atoms with Crippen molar-refractivity contribution in [2.45, 2.75) is 12.5 Å². The molecule has 1 atom stereocenters. The van der Waals surface area contributed by atoms with Gasteiger partial charge in [0.1, 0.15) is 11.3 Å². The maximum atomic E-state index is 11.6. The van der Waals surface area contributed by atoms with Crippen molar-refractivity contribution < 1.29 is 14.3 Å². The average molecular weight is 264 g/mol. The number of esters is 1. The summed E-state index contributed by atoms with van der Waals surface area (Å²) in [6, 6.07) is 5.89. The summed E-state index contributed by atoms with van der Waals surface area (Å²) in [6.45, 7) is 2.14. The van der Waals surface area contributed by atoms with Crippen LogP contribution in [0.5, 0.6) is 5.75 Å². The number of likely N-dealkylation sites (N-methyl/N-ethyl adjacent to an activating group) is 1. The van der Waals surface area contributed by atoms with Gasteiger partial charge in [0.2, 0.25) is 0 Å². The highest BCUT2D eigenvalue weighted by molar-refractivity contribution is 5.93. The van der Waals surface area contributed by atoms with E-state index in [1.165, 1.54) is 7.11 Å². The molecule has 0 bridgehead atoms. The van der Waals surface area contributed by atoms with Crippen LogP contribution in [-0.4, -0.2) is 51.3 Å². The highest BCUT2D eigenvalue weighted by atomic mass is 16.5. The molecule has 5 heteroatoms. The minimum Gasteiger partial charge on any atom is -0.496 e. The van der Waals surface area contributed by atoms with Crippen LogP contribution < -0.4 is 10.1 Å². The lowest BCUT2D eigenvalue weighted by atomic mass is 10.1. The number of benzene rings is 1. The molecule has 1 N–H and O–H groups in total. The van der Waals surface area contributed by atoms with Crippen molar-refractivity contribution in [2.24, 2.45) is 0 Å². The molecule has 1 aliphatic heterocycles. The summed E-state index contributed by atoms with van der Waals surface area (Å²) >= 11 is 0. The summed E-state index contributed by atoms with van der Waals surface area (Å²) in [5.41, 5.74) is 1.41. The number of carbonyl (C=O) groups excluding carboxylic acids is 1. The van der Waals surface area contributed by atoms with E-state index in [0.29, 0.717) is 17.4 Å². The molecule has 1 fully saturated rings. The first-order valence-electron chi connectivity index (χ1n) is 6.35. The summed E-state index contributed by atoms with van der Waals surface area (Å²) < 4.78 is 9.96. The van der Waals surface area contributed by atoms with Gasteiger partial charge in [-0.3, -0.25) is 0 Å². The van der Waals surface area contributed by atoms with Crippen LogP contribution in [0.15, 0.2) is 18.2 Å². The molecule has 0 radical (unpaired) electrons. The number of hydrogen-bond acceptors (Lipinski definition) is 5. The zero-order valence-electron chi connectivity index (χ0n) is 11.6. The Morgan fingerprint density at radius 2 is 2.21 bits per heavy atom. The number of methoxy groups -OCH3 is 2. The Bertz CT molecular complexity index is 462. The van der Waals surface area contributed by atoms with Gasteiger partial charge in [0.05, 0.1) is 14.2 Å². The molecule has 1 aromatic carbocycles. The van der Waals surface area contributed by atoms with E-state index < -0.39 is 0 Å². The van der Waals surface area contributed by atoms with Crippen LogP contribution in [0.4, 0.5) is 5.69 Å². The molecule has 19 heavy (non-hydrogen) atoms. The number of ether oxygens (including phenoxy) is 2. The van der Waals surface area contributed by atoms with Gasteiger partial charge in [0, 0.05) is 24.3 Å². The Kier molecular flexibility index (Phi) is 4.27. The Hall–Kier alpha value is -1.75. The van der Waals surface area contributed by atoms with Crippen LogP contribution in [0.3, 0.4) is 0 Å². The van der Waals surface area contributed by atoms with Gasteiger partial charge < -0.3 is 19.7 Å². The van der Waals surface area contributed by atoms with Crippen LogP contribution in [0.25, 0.3) is 0 Å². The Balaban J connectivity index is 2.12. The molecular formula is C14H20N2O3. The van der Waals surface area contributed by atoms with Crippen LogP contribution in [0, 0.1) is 0 Å². The van der Waals surface area contributed by atoms with Crippen molar-refractivity contribution >= 4 is 11.7 Å². The van der Waals surface area contributed by atoms with Gasteiger partial charge >= 0.3 is 5.97 Å². The minimum atomic E-state index is -0.385. The van der Waals surface area contributed by atoms with Crippen molar-refractivity contribution in [2.75, 3.05) is 39.7 Å². The van der Waals surface area contributed by atoms with Gasteiger partial charge in [-0.15, -0.1) is 0 Å². The van der Waals surface area contributed by atoms with E-state index in [9.17, 15) is 4.79 Å². The van der Waals surface area contributed by atoms with Crippen molar-refractivity contribution in [3.8, 4) is 5.75 Å². The van der Waals surface area contributed by atoms with Crippen molar-refractivity contribution in [3.63, 3.8) is 0 Å². The number of rotatable bonds is 4. The average Bonchev–Trinajstić information content (AvgIpc) is 2.83. The maximum absolute atomic E-state index is 11.6. The number of anilines is 1. The summed E-state index contributed by atoms with van der Waals surface area (Å²) in [5, 5.41) is 3.46. The van der Waals surface area contributed by atoms with Crippen molar-refractivity contribution in [3.05, 3.63) is 23.8 Å².